The van der Waals surface area contributed by atoms with Gasteiger partial charge in [-0.05, 0) is 48.9 Å². The number of halogens is 5. The fraction of sp³-hybridized carbons (Fsp3) is 0.174. The topological polar surface area (TPSA) is 66.5 Å². The molecule has 0 aliphatic carbocycles. The Morgan fingerprint density at radius 3 is 2.29 bits per heavy atom. The number of aryl methyl sites for hydroxylation is 1. The zero-order valence-corrected chi connectivity index (χ0v) is 20.1. The van der Waals surface area contributed by atoms with Crippen LogP contribution >= 0.6 is 23.2 Å². The maximum Gasteiger partial charge on any atom is 0.416 e. The van der Waals surface area contributed by atoms with E-state index in [4.69, 9.17) is 23.2 Å². The number of benzene rings is 3. The molecule has 0 heterocycles. The van der Waals surface area contributed by atoms with E-state index in [9.17, 15) is 26.4 Å². The molecule has 0 aromatic heterocycles. The number of rotatable bonds is 7. The van der Waals surface area contributed by atoms with E-state index in [1.165, 1.54) is 42.5 Å². The van der Waals surface area contributed by atoms with Gasteiger partial charge in [-0.25, -0.2) is 8.42 Å². The van der Waals surface area contributed by atoms with Gasteiger partial charge in [0, 0.05) is 6.54 Å². The minimum Gasteiger partial charge on any atom is -0.350 e. The SMILES string of the molecule is Cc1ccc(S(=O)(=O)N(CC(=O)NCc2cccc(C(F)(F)F)c2)c2cccc(Cl)c2Cl)cc1. The number of carbonyl (C=O) groups is 1. The van der Waals surface area contributed by atoms with Crippen LogP contribution in [0.3, 0.4) is 0 Å². The van der Waals surface area contributed by atoms with Gasteiger partial charge in [-0.3, -0.25) is 9.10 Å². The van der Waals surface area contributed by atoms with Crippen molar-refractivity contribution in [2.45, 2.75) is 24.5 Å². The van der Waals surface area contributed by atoms with Gasteiger partial charge >= 0.3 is 6.18 Å². The van der Waals surface area contributed by atoms with Crippen molar-refractivity contribution >= 4 is 44.8 Å². The fourth-order valence-electron chi connectivity index (χ4n) is 3.07. The molecule has 0 spiro atoms. The van der Waals surface area contributed by atoms with Gasteiger partial charge in [0.05, 0.1) is 26.2 Å². The van der Waals surface area contributed by atoms with E-state index in [1.54, 1.807) is 19.1 Å². The number of sulfonamides is 1. The molecular weight excluding hydrogens is 512 g/mol. The number of nitrogens with zero attached hydrogens (tertiary/aromatic N) is 1. The Morgan fingerprint density at radius 1 is 1.00 bits per heavy atom. The van der Waals surface area contributed by atoms with E-state index in [0.29, 0.717) is 0 Å². The summed E-state index contributed by atoms with van der Waals surface area (Å²) in [5.41, 5.74) is 0.180. The standard InChI is InChI=1S/C23H19Cl2F3N2O3S/c1-15-8-10-18(11-9-15)34(32,33)30(20-7-3-6-19(24)22(20)25)14-21(31)29-13-16-4-2-5-17(12-16)23(26,27)28/h2-12H,13-14H2,1H3,(H,29,31). The summed E-state index contributed by atoms with van der Waals surface area (Å²) in [6, 6.07) is 14.9. The number of alkyl halides is 3. The molecule has 3 aromatic rings. The molecule has 3 aromatic carbocycles. The van der Waals surface area contributed by atoms with Crippen LogP contribution in [-0.4, -0.2) is 20.9 Å². The second kappa shape index (κ2) is 10.2. The van der Waals surface area contributed by atoms with Gasteiger partial charge in [0.2, 0.25) is 5.91 Å². The molecule has 1 N–H and O–H groups in total. The Labute approximate surface area is 205 Å². The van der Waals surface area contributed by atoms with Crippen molar-refractivity contribution in [1.82, 2.24) is 5.32 Å². The van der Waals surface area contributed by atoms with Gasteiger partial charge in [0.1, 0.15) is 6.54 Å². The molecule has 1 amide bonds. The lowest BCUT2D eigenvalue weighted by Crippen LogP contribution is -2.40. The highest BCUT2D eigenvalue weighted by atomic mass is 35.5. The number of hydrogen-bond acceptors (Lipinski definition) is 3. The largest absolute Gasteiger partial charge is 0.416 e. The van der Waals surface area contributed by atoms with Gasteiger partial charge in [-0.1, -0.05) is 59.1 Å². The Hall–Kier alpha value is -2.75. The molecule has 0 saturated heterocycles. The van der Waals surface area contributed by atoms with E-state index in [1.807, 2.05) is 0 Å². The average Bonchev–Trinajstić information content (AvgIpc) is 2.78. The molecule has 0 aliphatic rings. The van der Waals surface area contributed by atoms with Crippen molar-refractivity contribution in [1.29, 1.82) is 0 Å². The quantitative estimate of drug-likeness (QED) is 0.417. The lowest BCUT2D eigenvalue weighted by Gasteiger charge is -2.25. The van der Waals surface area contributed by atoms with E-state index in [2.05, 4.69) is 5.32 Å². The minimum atomic E-state index is -4.53. The molecule has 0 saturated carbocycles. The summed E-state index contributed by atoms with van der Waals surface area (Å²) in [5, 5.41) is 2.48. The van der Waals surface area contributed by atoms with Crippen LogP contribution in [0.1, 0.15) is 16.7 Å². The normalized spacial score (nSPS) is 11.8. The Morgan fingerprint density at radius 2 is 1.65 bits per heavy atom. The first-order valence-corrected chi connectivity index (χ1v) is 12.1. The molecule has 0 aliphatic heterocycles. The third-order valence-corrected chi connectivity index (χ3v) is 7.42. The predicted molar refractivity (Wildman–Crippen MR) is 125 cm³/mol. The lowest BCUT2D eigenvalue weighted by molar-refractivity contribution is -0.137. The number of hydrogen-bond donors (Lipinski definition) is 1. The van der Waals surface area contributed by atoms with Crippen LogP contribution in [0.4, 0.5) is 18.9 Å². The highest BCUT2D eigenvalue weighted by Gasteiger charge is 2.31. The molecule has 11 heteroatoms. The summed E-state index contributed by atoms with van der Waals surface area (Å²) >= 11 is 12.3. The van der Waals surface area contributed by atoms with Crippen LogP contribution in [0.25, 0.3) is 0 Å². The summed E-state index contributed by atoms with van der Waals surface area (Å²) in [7, 11) is -4.23. The van der Waals surface area contributed by atoms with Crippen molar-refractivity contribution in [3.63, 3.8) is 0 Å². The van der Waals surface area contributed by atoms with Gasteiger partial charge in [-0.15, -0.1) is 0 Å². The molecule has 34 heavy (non-hydrogen) atoms. The van der Waals surface area contributed by atoms with Crippen molar-refractivity contribution in [2.24, 2.45) is 0 Å². The van der Waals surface area contributed by atoms with Crippen molar-refractivity contribution in [3.8, 4) is 0 Å². The number of carbonyl (C=O) groups excluding carboxylic acids is 1. The average molecular weight is 531 g/mol. The lowest BCUT2D eigenvalue weighted by atomic mass is 10.1. The van der Waals surface area contributed by atoms with Crippen LogP contribution < -0.4 is 9.62 Å². The van der Waals surface area contributed by atoms with Crippen molar-refractivity contribution in [2.75, 3.05) is 10.8 Å². The smallest absolute Gasteiger partial charge is 0.350 e. The first-order chi connectivity index (χ1) is 15.9. The molecule has 3 rings (SSSR count). The first-order valence-electron chi connectivity index (χ1n) is 9.86. The summed E-state index contributed by atoms with van der Waals surface area (Å²) in [4.78, 5) is 12.6. The summed E-state index contributed by atoms with van der Waals surface area (Å²) in [5.74, 6) is -0.746. The highest BCUT2D eigenvalue weighted by molar-refractivity contribution is 7.92. The Balaban J connectivity index is 1.88. The number of amides is 1. The zero-order chi connectivity index (χ0) is 25.1. The van der Waals surface area contributed by atoms with Gasteiger partial charge in [0.15, 0.2) is 0 Å². The number of nitrogens with one attached hydrogen (secondary N) is 1. The van der Waals surface area contributed by atoms with E-state index in [-0.39, 0.29) is 32.7 Å². The first kappa shape index (κ1) is 25.9. The van der Waals surface area contributed by atoms with E-state index in [0.717, 1.165) is 22.0 Å². The molecule has 0 unspecified atom stereocenters. The molecule has 0 bridgehead atoms. The van der Waals surface area contributed by atoms with E-state index < -0.39 is 34.2 Å². The van der Waals surface area contributed by atoms with E-state index >= 15 is 0 Å². The Kier molecular flexibility index (Phi) is 7.80. The molecule has 180 valence electrons. The van der Waals surface area contributed by atoms with Crippen molar-refractivity contribution in [3.05, 3.63) is 93.5 Å². The van der Waals surface area contributed by atoms with Gasteiger partial charge < -0.3 is 5.32 Å². The molecule has 0 fully saturated rings. The van der Waals surface area contributed by atoms with Gasteiger partial charge in [0.25, 0.3) is 10.0 Å². The molecule has 5 nitrogen and oxygen atoms in total. The summed E-state index contributed by atoms with van der Waals surface area (Å²) in [6.07, 6.45) is -4.53. The third kappa shape index (κ3) is 6.02. The molecule has 0 radical (unpaired) electrons. The maximum absolute atomic E-state index is 13.4. The second-order valence-corrected chi connectivity index (χ2v) is 10.0. The zero-order valence-electron chi connectivity index (χ0n) is 17.7. The summed E-state index contributed by atoms with van der Waals surface area (Å²) < 4.78 is 66.4. The van der Waals surface area contributed by atoms with Crippen LogP contribution in [0.2, 0.25) is 10.0 Å². The van der Waals surface area contributed by atoms with Crippen molar-refractivity contribution < 1.29 is 26.4 Å². The second-order valence-electron chi connectivity index (χ2n) is 7.37. The highest BCUT2D eigenvalue weighted by Crippen LogP contribution is 2.35. The number of anilines is 1. The predicted octanol–water partition coefficient (Wildman–Crippen LogP) is 5.83. The monoisotopic (exact) mass is 530 g/mol. The Bertz CT molecular complexity index is 1300. The molecule has 0 atom stereocenters. The maximum atomic E-state index is 13.4. The van der Waals surface area contributed by atoms with Gasteiger partial charge in [-0.2, -0.15) is 13.2 Å². The van der Waals surface area contributed by atoms with Crippen LogP contribution in [0.5, 0.6) is 0 Å². The minimum absolute atomic E-state index is 0.0102. The molecular formula is C23H19Cl2F3N2O3S. The van der Waals surface area contributed by atoms with Crippen LogP contribution in [0, 0.1) is 6.92 Å². The van der Waals surface area contributed by atoms with Crippen LogP contribution in [-0.2, 0) is 27.5 Å². The summed E-state index contributed by atoms with van der Waals surface area (Å²) in [6.45, 7) is 0.892. The third-order valence-electron chi connectivity index (χ3n) is 4.84. The fourth-order valence-corrected chi connectivity index (χ4v) is 4.95. The van der Waals surface area contributed by atoms with Crippen LogP contribution in [0.15, 0.2) is 71.6 Å².